The summed E-state index contributed by atoms with van der Waals surface area (Å²) in [5.74, 6) is -1.14. The number of nitrogens with zero attached hydrogens (tertiary/aromatic N) is 4. The molecule has 0 spiro atoms. The highest BCUT2D eigenvalue weighted by molar-refractivity contribution is 6.06. The lowest BCUT2D eigenvalue weighted by molar-refractivity contribution is 0.0317. The van der Waals surface area contributed by atoms with Crippen molar-refractivity contribution in [3.05, 3.63) is 91.5 Å². The van der Waals surface area contributed by atoms with Gasteiger partial charge in [-0.3, -0.25) is 10.2 Å². The molecule has 2 rings (SSSR count). The topological polar surface area (TPSA) is 110 Å². The molecule has 35 heavy (non-hydrogen) atoms. The Hall–Kier alpha value is -4.34. The second-order valence-corrected chi connectivity index (χ2v) is 8.11. The number of imide groups is 1. The zero-order chi connectivity index (χ0) is 26.0. The molecule has 1 heterocycles. The Morgan fingerprint density at radius 1 is 1.23 bits per heavy atom. The molecular formula is C25H28FN5O4. The van der Waals surface area contributed by atoms with E-state index < -0.39 is 23.4 Å². The summed E-state index contributed by atoms with van der Waals surface area (Å²) >= 11 is 0. The third kappa shape index (κ3) is 7.88. The normalized spacial score (nSPS) is 11.4. The van der Waals surface area contributed by atoms with Gasteiger partial charge in [0.05, 0.1) is 11.3 Å². The van der Waals surface area contributed by atoms with E-state index in [1.54, 1.807) is 31.4 Å². The highest BCUT2D eigenvalue weighted by Crippen LogP contribution is 2.23. The van der Waals surface area contributed by atoms with Crippen molar-refractivity contribution in [3.63, 3.8) is 0 Å². The summed E-state index contributed by atoms with van der Waals surface area (Å²) in [6.07, 6.45) is 9.02. The summed E-state index contributed by atoms with van der Waals surface area (Å²) in [5.41, 5.74) is -1.01. The van der Waals surface area contributed by atoms with Crippen LogP contribution in [0, 0.1) is 11.2 Å². The number of hydrogen-bond donors (Lipinski definition) is 1. The zero-order valence-electron chi connectivity index (χ0n) is 19.9. The maximum absolute atomic E-state index is 13.9. The van der Waals surface area contributed by atoms with Gasteiger partial charge < -0.3 is 14.0 Å². The van der Waals surface area contributed by atoms with E-state index in [0.29, 0.717) is 17.3 Å². The van der Waals surface area contributed by atoms with Crippen molar-refractivity contribution in [2.75, 3.05) is 6.61 Å². The third-order valence-electron chi connectivity index (χ3n) is 4.13. The minimum atomic E-state index is -0.966. The van der Waals surface area contributed by atoms with Crippen molar-refractivity contribution >= 4 is 17.7 Å². The molecule has 0 atom stereocenters. The van der Waals surface area contributed by atoms with Crippen LogP contribution in [-0.2, 0) is 11.3 Å². The van der Waals surface area contributed by atoms with Gasteiger partial charge in [0, 0.05) is 12.7 Å². The zero-order valence-corrected chi connectivity index (χ0v) is 19.9. The fraction of sp³-hybridized carbons (Fsp3) is 0.240. The summed E-state index contributed by atoms with van der Waals surface area (Å²) in [5, 5.41) is 15.8. The number of benzene rings is 1. The summed E-state index contributed by atoms with van der Waals surface area (Å²) in [4.78, 5) is 26.7. The minimum Gasteiger partial charge on any atom is -0.489 e. The first-order chi connectivity index (χ1) is 16.6. The molecule has 2 amide bonds. The number of carbonyl (C=O) groups excluding carboxylic acids is 2. The predicted molar refractivity (Wildman–Crippen MR) is 130 cm³/mol. The Bertz CT molecular complexity index is 1160. The van der Waals surface area contributed by atoms with Gasteiger partial charge in [0.2, 0.25) is 0 Å². The molecule has 0 saturated carbocycles. The van der Waals surface area contributed by atoms with Gasteiger partial charge in [-0.2, -0.15) is 0 Å². The maximum Gasteiger partial charge on any atom is 0.421 e. The van der Waals surface area contributed by atoms with Gasteiger partial charge in [-0.25, -0.2) is 14.1 Å². The monoisotopic (exact) mass is 481 g/mol. The number of halogens is 1. The van der Waals surface area contributed by atoms with E-state index >= 15 is 0 Å². The molecule has 0 unspecified atom stereocenters. The second-order valence-electron chi connectivity index (χ2n) is 8.11. The average Bonchev–Trinajstić information content (AvgIpc) is 3.25. The molecule has 0 saturated heterocycles. The molecule has 0 aliphatic rings. The van der Waals surface area contributed by atoms with Crippen LogP contribution in [0.5, 0.6) is 5.75 Å². The molecule has 0 aliphatic carbocycles. The maximum atomic E-state index is 13.9. The molecule has 0 bridgehead atoms. The number of rotatable bonds is 10. The van der Waals surface area contributed by atoms with Crippen molar-refractivity contribution in [2.24, 2.45) is 0 Å². The molecule has 9 nitrogen and oxygen atoms in total. The highest BCUT2D eigenvalue weighted by atomic mass is 19.1. The van der Waals surface area contributed by atoms with Crippen LogP contribution >= 0.6 is 0 Å². The Morgan fingerprint density at radius 3 is 2.63 bits per heavy atom. The molecular weight excluding hydrogens is 453 g/mol. The molecule has 1 aromatic carbocycles. The van der Waals surface area contributed by atoms with Crippen molar-refractivity contribution in [3.8, 4) is 5.75 Å². The standard InChI is InChI=1S/C25H28FN5O4/c1-6-13-30-17-28-29-22(30)20(27)10-8-9-14-31(24(33)35-25(3,4)5)23(32)19-16-18(26)11-12-21(19)34-15-7-2/h6-12,14,16-17,27H,1-2,13,15H2,3-5H3/b10-8-,14-9+,27-20?. The number of allylic oxidation sites excluding steroid dienone is 4. The SMILES string of the molecule is C=CCOc1ccc(F)cc1C(=O)N(/C=C/C=C\C(=N)c1nncn1CC=C)C(=O)OC(C)(C)C. The van der Waals surface area contributed by atoms with Crippen molar-refractivity contribution < 1.29 is 23.5 Å². The van der Waals surface area contributed by atoms with E-state index in [1.165, 1.54) is 36.7 Å². The molecule has 0 aliphatic heterocycles. The third-order valence-corrected chi connectivity index (χ3v) is 4.13. The number of amides is 2. The van der Waals surface area contributed by atoms with Crippen LogP contribution in [0.4, 0.5) is 9.18 Å². The summed E-state index contributed by atoms with van der Waals surface area (Å²) in [6.45, 7) is 12.7. The van der Waals surface area contributed by atoms with Gasteiger partial charge in [0.1, 0.15) is 30.1 Å². The smallest absolute Gasteiger partial charge is 0.421 e. The van der Waals surface area contributed by atoms with E-state index in [-0.39, 0.29) is 23.6 Å². The van der Waals surface area contributed by atoms with Gasteiger partial charge >= 0.3 is 6.09 Å². The fourth-order valence-corrected chi connectivity index (χ4v) is 2.69. The van der Waals surface area contributed by atoms with E-state index in [4.69, 9.17) is 14.9 Å². The summed E-state index contributed by atoms with van der Waals surface area (Å²) < 4.78 is 26.4. The van der Waals surface area contributed by atoms with Gasteiger partial charge in [-0.05, 0) is 51.1 Å². The van der Waals surface area contributed by atoms with Crippen LogP contribution in [0.3, 0.4) is 0 Å². The summed E-state index contributed by atoms with van der Waals surface area (Å²) in [6, 6.07) is 3.41. The number of hydrogen-bond acceptors (Lipinski definition) is 7. The van der Waals surface area contributed by atoms with Gasteiger partial charge in [-0.15, -0.1) is 16.8 Å². The number of aromatic nitrogens is 3. The predicted octanol–water partition coefficient (Wildman–Crippen LogP) is 4.68. The number of nitrogens with one attached hydrogen (secondary N) is 1. The molecule has 0 fully saturated rings. The number of carbonyl (C=O) groups is 2. The van der Waals surface area contributed by atoms with Crippen LogP contribution in [0.2, 0.25) is 0 Å². The Morgan fingerprint density at radius 2 is 1.97 bits per heavy atom. The lowest BCUT2D eigenvalue weighted by Gasteiger charge is -2.24. The molecule has 1 N–H and O–H groups in total. The Labute approximate surface area is 203 Å². The first kappa shape index (κ1) is 26.9. The van der Waals surface area contributed by atoms with Crippen LogP contribution in [0.25, 0.3) is 0 Å². The average molecular weight is 482 g/mol. The highest BCUT2D eigenvalue weighted by Gasteiger charge is 2.28. The largest absolute Gasteiger partial charge is 0.489 e. The lowest BCUT2D eigenvalue weighted by Crippen LogP contribution is -2.37. The fourth-order valence-electron chi connectivity index (χ4n) is 2.69. The van der Waals surface area contributed by atoms with Crippen LogP contribution in [-0.4, -0.2) is 49.6 Å². The van der Waals surface area contributed by atoms with Crippen LogP contribution in [0.1, 0.15) is 37.0 Å². The van der Waals surface area contributed by atoms with E-state index in [0.717, 1.165) is 18.3 Å². The van der Waals surface area contributed by atoms with Crippen molar-refractivity contribution in [1.29, 1.82) is 5.41 Å². The van der Waals surface area contributed by atoms with Gasteiger partial charge in [0.25, 0.3) is 5.91 Å². The summed E-state index contributed by atoms with van der Waals surface area (Å²) in [7, 11) is 0. The molecule has 2 aromatic rings. The molecule has 10 heteroatoms. The van der Waals surface area contributed by atoms with Crippen LogP contribution in [0.15, 0.2) is 74.3 Å². The first-order valence-electron chi connectivity index (χ1n) is 10.6. The Balaban J connectivity index is 2.34. The lowest BCUT2D eigenvalue weighted by atomic mass is 10.1. The molecule has 184 valence electrons. The van der Waals surface area contributed by atoms with E-state index in [2.05, 4.69) is 23.4 Å². The van der Waals surface area contributed by atoms with E-state index in [1.807, 2.05) is 0 Å². The van der Waals surface area contributed by atoms with Gasteiger partial charge in [-0.1, -0.05) is 24.8 Å². The molecule has 1 aromatic heterocycles. The van der Waals surface area contributed by atoms with Gasteiger partial charge in [0.15, 0.2) is 5.82 Å². The first-order valence-corrected chi connectivity index (χ1v) is 10.6. The Kier molecular flexibility index (Phi) is 9.39. The minimum absolute atomic E-state index is 0.0504. The molecule has 0 radical (unpaired) electrons. The van der Waals surface area contributed by atoms with Crippen molar-refractivity contribution in [2.45, 2.75) is 32.9 Å². The number of ether oxygens (including phenoxy) is 2. The second kappa shape index (κ2) is 12.2. The van der Waals surface area contributed by atoms with E-state index in [9.17, 15) is 14.0 Å². The van der Waals surface area contributed by atoms with Crippen LogP contribution < -0.4 is 4.74 Å². The quantitative estimate of drug-likeness (QED) is 0.300. The van der Waals surface area contributed by atoms with Crippen molar-refractivity contribution in [1.82, 2.24) is 19.7 Å².